The van der Waals surface area contributed by atoms with Gasteiger partial charge in [0.25, 0.3) is 0 Å². The summed E-state index contributed by atoms with van der Waals surface area (Å²) in [4.78, 5) is 8.37. The quantitative estimate of drug-likeness (QED) is 0.460. The van der Waals surface area contributed by atoms with E-state index in [1.807, 2.05) is 54.7 Å². The lowest BCUT2D eigenvalue weighted by atomic mass is 10.2. The number of anilines is 1. The number of aromatic nitrogens is 2. The molecule has 146 valence electrons. The van der Waals surface area contributed by atoms with Crippen LogP contribution in [0.2, 0.25) is 5.02 Å². The van der Waals surface area contributed by atoms with Crippen LogP contribution in [0.5, 0.6) is 5.75 Å². The molecule has 0 aliphatic rings. The Bertz CT molecular complexity index is 830. The fourth-order valence-corrected chi connectivity index (χ4v) is 2.95. The minimum absolute atomic E-state index is 0.488. The van der Waals surface area contributed by atoms with Gasteiger partial charge in [0.05, 0.1) is 0 Å². The number of ether oxygens (including phenoxy) is 1. The summed E-state index contributed by atoms with van der Waals surface area (Å²) >= 11 is 6.17. The number of pyridine rings is 2. The topological polar surface area (TPSA) is 59.1 Å². The number of benzene rings is 1. The summed E-state index contributed by atoms with van der Waals surface area (Å²) in [6.07, 6.45) is 7.51. The van der Waals surface area contributed by atoms with Crippen molar-refractivity contribution in [1.29, 1.82) is 0 Å². The lowest BCUT2D eigenvalue weighted by Gasteiger charge is -2.13. The number of nitrogens with zero attached hydrogens (tertiary/aromatic N) is 2. The smallest absolute Gasteiger partial charge is 0.125 e. The van der Waals surface area contributed by atoms with Gasteiger partial charge in [0.15, 0.2) is 0 Å². The van der Waals surface area contributed by atoms with Crippen molar-refractivity contribution in [2.24, 2.45) is 0 Å². The van der Waals surface area contributed by atoms with Crippen LogP contribution in [0.1, 0.15) is 24.0 Å². The van der Waals surface area contributed by atoms with E-state index in [9.17, 15) is 0 Å². The Hall–Kier alpha value is -2.63. The lowest BCUT2D eigenvalue weighted by molar-refractivity contribution is 0.301. The van der Waals surface area contributed by atoms with Gasteiger partial charge in [-0.15, -0.1) is 0 Å². The molecule has 2 aromatic heterocycles. The summed E-state index contributed by atoms with van der Waals surface area (Å²) in [6, 6.07) is 15.5. The molecule has 0 saturated heterocycles. The van der Waals surface area contributed by atoms with Gasteiger partial charge in [0, 0.05) is 47.8 Å². The Morgan fingerprint density at radius 2 is 1.89 bits per heavy atom. The van der Waals surface area contributed by atoms with Gasteiger partial charge in [0.1, 0.15) is 18.2 Å². The standard InChI is InChI=1S/C22H25ClN4O/c23-20-8-9-21(28-17-18-6-5-11-24-15-18)19(14-20)16-25-10-3-4-13-27-22-7-1-2-12-26-22/h1-2,5-9,11-12,14-15,25H,3-4,10,13,16-17H2,(H,26,27). The Balaban J connectivity index is 1.39. The van der Waals surface area contributed by atoms with Crippen LogP contribution in [-0.2, 0) is 13.2 Å². The molecule has 3 aromatic rings. The maximum atomic E-state index is 6.17. The summed E-state index contributed by atoms with van der Waals surface area (Å²) < 4.78 is 5.97. The zero-order valence-electron chi connectivity index (χ0n) is 15.8. The van der Waals surface area contributed by atoms with Gasteiger partial charge in [-0.1, -0.05) is 23.7 Å². The van der Waals surface area contributed by atoms with Gasteiger partial charge in [0.2, 0.25) is 0 Å². The van der Waals surface area contributed by atoms with Crippen LogP contribution >= 0.6 is 11.6 Å². The first-order valence-corrected chi connectivity index (χ1v) is 9.85. The van der Waals surface area contributed by atoms with Crippen molar-refractivity contribution >= 4 is 17.4 Å². The maximum absolute atomic E-state index is 6.17. The van der Waals surface area contributed by atoms with Crippen molar-refractivity contribution < 1.29 is 4.74 Å². The molecule has 5 nitrogen and oxygen atoms in total. The molecule has 0 atom stereocenters. The SMILES string of the molecule is Clc1ccc(OCc2cccnc2)c(CNCCCCNc2ccccn2)c1. The molecule has 0 saturated carbocycles. The summed E-state index contributed by atoms with van der Waals surface area (Å²) in [6.45, 7) is 3.05. The highest BCUT2D eigenvalue weighted by molar-refractivity contribution is 6.30. The van der Waals surface area contributed by atoms with Crippen LogP contribution in [0.3, 0.4) is 0 Å². The Morgan fingerprint density at radius 1 is 0.964 bits per heavy atom. The molecule has 0 unspecified atom stereocenters. The Morgan fingerprint density at radius 3 is 2.71 bits per heavy atom. The van der Waals surface area contributed by atoms with Crippen LogP contribution in [0, 0.1) is 0 Å². The molecule has 2 N–H and O–H groups in total. The third-order valence-corrected chi connectivity index (χ3v) is 4.44. The minimum atomic E-state index is 0.488. The molecule has 28 heavy (non-hydrogen) atoms. The molecule has 0 aliphatic carbocycles. The van der Waals surface area contributed by atoms with E-state index in [2.05, 4.69) is 20.6 Å². The highest BCUT2D eigenvalue weighted by Gasteiger charge is 2.05. The van der Waals surface area contributed by atoms with Crippen molar-refractivity contribution in [2.75, 3.05) is 18.4 Å². The van der Waals surface area contributed by atoms with Crippen molar-refractivity contribution in [2.45, 2.75) is 26.0 Å². The van der Waals surface area contributed by atoms with Crippen LogP contribution in [0.15, 0.2) is 67.1 Å². The molecule has 0 aliphatic heterocycles. The second-order valence-corrected chi connectivity index (χ2v) is 6.86. The molecule has 0 fully saturated rings. The molecular weight excluding hydrogens is 372 g/mol. The fraction of sp³-hybridized carbons (Fsp3) is 0.273. The zero-order valence-corrected chi connectivity index (χ0v) is 16.5. The van der Waals surface area contributed by atoms with E-state index in [4.69, 9.17) is 16.3 Å². The molecular formula is C22H25ClN4O. The van der Waals surface area contributed by atoms with E-state index < -0.39 is 0 Å². The summed E-state index contributed by atoms with van der Waals surface area (Å²) in [5.74, 6) is 1.77. The van der Waals surface area contributed by atoms with E-state index in [1.165, 1.54) is 0 Å². The monoisotopic (exact) mass is 396 g/mol. The largest absolute Gasteiger partial charge is 0.489 e. The average molecular weight is 397 g/mol. The lowest BCUT2D eigenvalue weighted by Crippen LogP contribution is -2.16. The van der Waals surface area contributed by atoms with E-state index in [0.717, 1.165) is 55.2 Å². The number of halogens is 1. The fourth-order valence-electron chi connectivity index (χ4n) is 2.75. The van der Waals surface area contributed by atoms with Crippen molar-refractivity contribution in [3.63, 3.8) is 0 Å². The summed E-state index contributed by atoms with van der Waals surface area (Å²) in [5.41, 5.74) is 2.10. The molecule has 0 spiro atoms. The summed E-state index contributed by atoms with van der Waals surface area (Å²) in [7, 11) is 0. The highest BCUT2D eigenvalue weighted by Crippen LogP contribution is 2.23. The second kappa shape index (κ2) is 11.3. The van der Waals surface area contributed by atoms with Gasteiger partial charge < -0.3 is 15.4 Å². The zero-order chi connectivity index (χ0) is 19.4. The number of hydrogen-bond acceptors (Lipinski definition) is 5. The van der Waals surface area contributed by atoms with E-state index in [1.54, 1.807) is 12.4 Å². The van der Waals surface area contributed by atoms with Gasteiger partial charge in [-0.25, -0.2) is 4.98 Å². The first-order chi connectivity index (χ1) is 13.8. The van der Waals surface area contributed by atoms with Crippen LogP contribution < -0.4 is 15.4 Å². The van der Waals surface area contributed by atoms with Crippen molar-refractivity contribution in [1.82, 2.24) is 15.3 Å². The van der Waals surface area contributed by atoms with Crippen molar-refractivity contribution in [3.05, 3.63) is 83.3 Å². The normalized spacial score (nSPS) is 10.6. The van der Waals surface area contributed by atoms with E-state index >= 15 is 0 Å². The minimum Gasteiger partial charge on any atom is -0.489 e. The predicted molar refractivity (Wildman–Crippen MR) is 114 cm³/mol. The van der Waals surface area contributed by atoms with Gasteiger partial charge in [-0.2, -0.15) is 0 Å². The third kappa shape index (κ3) is 6.83. The number of hydrogen-bond donors (Lipinski definition) is 2. The van der Waals surface area contributed by atoms with Gasteiger partial charge >= 0.3 is 0 Å². The van der Waals surface area contributed by atoms with Gasteiger partial charge in [-0.3, -0.25) is 4.98 Å². The first kappa shape index (κ1) is 20.1. The van der Waals surface area contributed by atoms with E-state index in [-0.39, 0.29) is 0 Å². The predicted octanol–water partition coefficient (Wildman–Crippen LogP) is 4.69. The molecule has 2 heterocycles. The molecule has 0 radical (unpaired) electrons. The third-order valence-electron chi connectivity index (χ3n) is 4.21. The van der Waals surface area contributed by atoms with Gasteiger partial charge in [-0.05, 0) is 55.8 Å². The van der Waals surface area contributed by atoms with Crippen LogP contribution in [0.4, 0.5) is 5.82 Å². The van der Waals surface area contributed by atoms with Crippen molar-refractivity contribution in [3.8, 4) is 5.75 Å². The number of unbranched alkanes of at least 4 members (excludes halogenated alkanes) is 1. The Kier molecular flexibility index (Phi) is 8.09. The van der Waals surface area contributed by atoms with Crippen LogP contribution in [-0.4, -0.2) is 23.1 Å². The Labute approximate surface area is 171 Å². The average Bonchev–Trinajstić information content (AvgIpc) is 2.74. The highest BCUT2D eigenvalue weighted by atomic mass is 35.5. The molecule has 0 bridgehead atoms. The molecule has 1 aromatic carbocycles. The maximum Gasteiger partial charge on any atom is 0.125 e. The second-order valence-electron chi connectivity index (χ2n) is 6.43. The summed E-state index contributed by atoms with van der Waals surface area (Å²) in [5, 5.41) is 7.51. The molecule has 6 heteroatoms. The molecule has 3 rings (SSSR count). The van der Waals surface area contributed by atoms with E-state index in [0.29, 0.717) is 11.6 Å². The van der Waals surface area contributed by atoms with Crippen LogP contribution in [0.25, 0.3) is 0 Å². The number of nitrogens with one attached hydrogen (secondary N) is 2. The molecule has 0 amide bonds. The number of rotatable bonds is 11. The first-order valence-electron chi connectivity index (χ1n) is 9.47.